The highest BCUT2D eigenvalue weighted by atomic mass is 19.1. The highest BCUT2D eigenvalue weighted by Crippen LogP contribution is 2.35. The zero-order valence-corrected chi connectivity index (χ0v) is 10.4. The smallest absolute Gasteiger partial charge is 0.123 e. The summed E-state index contributed by atoms with van der Waals surface area (Å²) in [6.07, 6.45) is 1.85. The molecule has 0 amide bonds. The maximum atomic E-state index is 13.2. The van der Waals surface area contributed by atoms with E-state index in [-0.39, 0.29) is 5.82 Å². The van der Waals surface area contributed by atoms with Crippen LogP contribution in [0.1, 0.15) is 18.1 Å². The number of halogens is 1. The summed E-state index contributed by atoms with van der Waals surface area (Å²) in [7, 11) is 0. The second-order valence-electron chi connectivity index (χ2n) is 4.55. The molecule has 0 spiro atoms. The number of aryl methyl sites for hydroxylation is 2. The standard InChI is InChI=1S/C16H15FO/c1-2-18-14-6-8-16-12(10-14)4-3-11-9-13(17)5-7-15(11)16/h5-10H,2-4H2,1H3. The van der Waals surface area contributed by atoms with Gasteiger partial charge < -0.3 is 4.74 Å². The minimum Gasteiger partial charge on any atom is -0.494 e. The summed E-state index contributed by atoms with van der Waals surface area (Å²) in [6, 6.07) is 11.2. The molecule has 3 rings (SSSR count). The van der Waals surface area contributed by atoms with Crippen molar-refractivity contribution in [1.29, 1.82) is 0 Å². The largest absolute Gasteiger partial charge is 0.494 e. The van der Waals surface area contributed by atoms with Crippen LogP contribution < -0.4 is 4.74 Å². The van der Waals surface area contributed by atoms with E-state index in [0.717, 1.165) is 29.7 Å². The van der Waals surface area contributed by atoms with Crippen molar-refractivity contribution in [3.8, 4) is 16.9 Å². The molecule has 0 saturated heterocycles. The Morgan fingerprint density at radius 2 is 1.67 bits per heavy atom. The molecule has 1 aliphatic rings. The number of fused-ring (bicyclic) bond motifs is 3. The van der Waals surface area contributed by atoms with Crippen molar-refractivity contribution >= 4 is 0 Å². The zero-order valence-electron chi connectivity index (χ0n) is 10.4. The SMILES string of the molecule is CCOc1ccc2c(c1)CCc1cc(F)ccc1-2. The van der Waals surface area contributed by atoms with Crippen molar-refractivity contribution in [2.24, 2.45) is 0 Å². The normalized spacial score (nSPS) is 12.8. The molecule has 0 aromatic heterocycles. The van der Waals surface area contributed by atoms with Gasteiger partial charge in [-0.2, -0.15) is 0 Å². The van der Waals surface area contributed by atoms with E-state index < -0.39 is 0 Å². The number of benzene rings is 2. The fourth-order valence-electron chi connectivity index (χ4n) is 2.60. The fourth-order valence-corrected chi connectivity index (χ4v) is 2.60. The van der Waals surface area contributed by atoms with Gasteiger partial charge in [-0.15, -0.1) is 0 Å². The molecular formula is C16H15FO. The summed E-state index contributed by atoms with van der Waals surface area (Å²) >= 11 is 0. The molecule has 2 aromatic carbocycles. The minimum atomic E-state index is -0.150. The van der Waals surface area contributed by atoms with Crippen LogP contribution in [0.3, 0.4) is 0 Å². The molecule has 2 heteroatoms. The predicted molar refractivity (Wildman–Crippen MR) is 70.4 cm³/mol. The van der Waals surface area contributed by atoms with Gasteiger partial charge in [-0.25, -0.2) is 4.39 Å². The topological polar surface area (TPSA) is 9.23 Å². The Morgan fingerprint density at radius 3 is 2.39 bits per heavy atom. The first-order valence-corrected chi connectivity index (χ1v) is 6.32. The van der Waals surface area contributed by atoms with Crippen LogP contribution in [0.2, 0.25) is 0 Å². The van der Waals surface area contributed by atoms with Gasteiger partial charge in [0.25, 0.3) is 0 Å². The Bertz CT molecular complexity index is 590. The van der Waals surface area contributed by atoms with Crippen LogP contribution in [-0.2, 0) is 12.8 Å². The van der Waals surface area contributed by atoms with Gasteiger partial charge in [0.05, 0.1) is 6.61 Å². The van der Waals surface area contributed by atoms with Crippen molar-refractivity contribution < 1.29 is 9.13 Å². The van der Waals surface area contributed by atoms with Gasteiger partial charge in [0.2, 0.25) is 0 Å². The van der Waals surface area contributed by atoms with Gasteiger partial charge in [0.15, 0.2) is 0 Å². The summed E-state index contributed by atoms with van der Waals surface area (Å²) in [4.78, 5) is 0. The molecule has 0 radical (unpaired) electrons. The molecule has 0 saturated carbocycles. The minimum absolute atomic E-state index is 0.150. The van der Waals surface area contributed by atoms with E-state index in [9.17, 15) is 4.39 Å². The molecule has 1 nitrogen and oxygen atoms in total. The highest BCUT2D eigenvalue weighted by molar-refractivity contribution is 5.73. The molecule has 1 aliphatic carbocycles. The molecule has 0 heterocycles. The van der Waals surface area contributed by atoms with Gasteiger partial charge in [0, 0.05) is 0 Å². The third kappa shape index (κ3) is 1.88. The number of hydrogen-bond donors (Lipinski definition) is 0. The van der Waals surface area contributed by atoms with Crippen molar-refractivity contribution in [2.45, 2.75) is 19.8 Å². The third-order valence-corrected chi connectivity index (χ3v) is 3.41. The van der Waals surface area contributed by atoms with Crippen LogP contribution in [0.25, 0.3) is 11.1 Å². The van der Waals surface area contributed by atoms with Gasteiger partial charge in [-0.1, -0.05) is 12.1 Å². The first-order chi connectivity index (χ1) is 8.78. The Morgan fingerprint density at radius 1 is 1.00 bits per heavy atom. The lowest BCUT2D eigenvalue weighted by Gasteiger charge is -2.20. The highest BCUT2D eigenvalue weighted by Gasteiger charge is 2.16. The molecule has 0 bridgehead atoms. The van der Waals surface area contributed by atoms with Gasteiger partial charge in [-0.3, -0.25) is 0 Å². The van der Waals surface area contributed by atoms with Crippen LogP contribution in [0.4, 0.5) is 4.39 Å². The van der Waals surface area contributed by atoms with Crippen LogP contribution in [0.15, 0.2) is 36.4 Å². The van der Waals surface area contributed by atoms with Gasteiger partial charge in [0.1, 0.15) is 11.6 Å². The zero-order chi connectivity index (χ0) is 12.5. The van der Waals surface area contributed by atoms with E-state index in [1.165, 1.54) is 17.2 Å². The molecule has 18 heavy (non-hydrogen) atoms. The summed E-state index contributed by atoms with van der Waals surface area (Å²) in [5.74, 6) is 0.768. The first kappa shape index (κ1) is 11.3. The van der Waals surface area contributed by atoms with E-state index in [2.05, 4.69) is 12.1 Å². The Hall–Kier alpha value is -1.83. The molecular weight excluding hydrogens is 227 g/mol. The van der Waals surface area contributed by atoms with Crippen LogP contribution in [0.5, 0.6) is 5.75 Å². The summed E-state index contributed by atoms with van der Waals surface area (Å²) in [5, 5.41) is 0. The van der Waals surface area contributed by atoms with Crippen LogP contribution in [0, 0.1) is 5.82 Å². The predicted octanol–water partition coefficient (Wildman–Crippen LogP) is 3.99. The van der Waals surface area contributed by atoms with E-state index in [1.54, 1.807) is 6.07 Å². The number of rotatable bonds is 2. The second kappa shape index (κ2) is 4.45. The van der Waals surface area contributed by atoms with E-state index in [4.69, 9.17) is 4.74 Å². The molecule has 0 aliphatic heterocycles. The summed E-state index contributed by atoms with van der Waals surface area (Å²) < 4.78 is 18.7. The van der Waals surface area contributed by atoms with Crippen LogP contribution in [-0.4, -0.2) is 6.61 Å². The molecule has 0 atom stereocenters. The lowest BCUT2D eigenvalue weighted by molar-refractivity contribution is 0.340. The average Bonchev–Trinajstić information content (AvgIpc) is 2.38. The van der Waals surface area contributed by atoms with Crippen molar-refractivity contribution in [3.63, 3.8) is 0 Å². The van der Waals surface area contributed by atoms with Crippen molar-refractivity contribution in [3.05, 3.63) is 53.3 Å². The van der Waals surface area contributed by atoms with Crippen LogP contribution >= 0.6 is 0 Å². The average molecular weight is 242 g/mol. The Kier molecular flexibility index (Phi) is 2.78. The van der Waals surface area contributed by atoms with Crippen molar-refractivity contribution in [1.82, 2.24) is 0 Å². The molecule has 0 unspecified atom stereocenters. The first-order valence-electron chi connectivity index (χ1n) is 6.32. The summed E-state index contributed by atoms with van der Waals surface area (Å²) in [6.45, 7) is 2.66. The lowest BCUT2D eigenvalue weighted by Crippen LogP contribution is -2.05. The number of hydrogen-bond acceptors (Lipinski definition) is 1. The van der Waals surface area contributed by atoms with Gasteiger partial charge >= 0.3 is 0 Å². The van der Waals surface area contributed by atoms with Crippen molar-refractivity contribution in [2.75, 3.05) is 6.61 Å². The second-order valence-corrected chi connectivity index (χ2v) is 4.55. The Balaban J connectivity index is 2.08. The molecule has 92 valence electrons. The number of ether oxygens (including phenoxy) is 1. The maximum Gasteiger partial charge on any atom is 0.123 e. The molecule has 2 aromatic rings. The van der Waals surface area contributed by atoms with E-state index in [1.807, 2.05) is 19.1 Å². The summed E-state index contributed by atoms with van der Waals surface area (Å²) in [5.41, 5.74) is 4.76. The monoisotopic (exact) mass is 242 g/mol. The molecule has 0 N–H and O–H groups in total. The quantitative estimate of drug-likeness (QED) is 0.773. The fraction of sp³-hybridized carbons (Fsp3) is 0.250. The van der Waals surface area contributed by atoms with E-state index in [0.29, 0.717) is 6.61 Å². The lowest BCUT2D eigenvalue weighted by atomic mass is 9.85. The maximum absolute atomic E-state index is 13.2. The van der Waals surface area contributed by atoms with Gasteiger partial charge in [-0.05, 0) is 66.3 Å². The Labute approximate surface area is 106 Å². The third-order valence-electron chi connectivity index (χ3n) is 3.41. The molecule has 0 fully saturated rings. The van der Waals surface area contributed by atoms with E-state index >= 15 is 0 Å².